The molecule has 0 bridgehead atoms. The van der Waals surface area contributed by atoms with Crippen LogP contribution in [-0.2, 0) is 16.1 Å². The van der Waals surface area contributed by atoms with Gasteiger partial charge in [-0.1, -0.05) is 56.3 Å². The topological polar surface area (TPSA) is 66.1 Å². The average Bonchev–Trinajstić information content (AvgIpc) is 3.52. The van der Waals surface area contributed by atoms with Gasteiger partial charge in [0.2, 0.25) is 5.91 Å². The quantitative estimate of drug-likeness (QED) is 0.468. The molecule has 1 aliphatic carbocycles. The zero-order valence-corrected chi connectivity index (χ0v) is 24.9. The van der Waals surface area contributed by atoms with E-state index in [0.29, 0.717) is 17.7 Å². The zero-order valence-electron chi connectivity index (χ0n) is 24.9. The van der Waals surface area contributed by atoms with Gasteiger partial charge >= 0.3 is 0 Å². The monoisotopic (exact) mass is 558 g/mol. The van der Waals surface area contributed by atoms with Gasteiger partial charge in [-0.25, -0.2) is 0 Å². The molecule has 2 fully saturated rings. The van der Waals surface area contributed by atoms with E-state index >= 15 is 0 Å². The van der Waals surface area contributed by atoms with Crippen LogP contribution in [0.4, 0.5) is 0 Å². The van der Waals surface area contributed by atoms with Crippen LogP contribution in [0, 0.1) is 17.8 Å². The largest absolute Gasteiger partial charge is 0.493 e. The second-order valence-corrected chi connectivity index (χ2v) is 12.6. The third-order valence-corrected chi connectivity index (χ3v) is 9.62. The number of hydrogen-bond donors (Lipinski definition) is 2. The highest BCUT2D eigenvalue weighted by atomic mass is 16.7. The number of carbonyl (C=O) groups is 1. The van der Waals surface area contributed by atoms with Crippen molar-refractivity contribution < 1.29 is 14.4 Å². The minimum absolute atomic E-state index is 0.0369. The van der Waals surface area contributed by atoms with Crippen LogP contribution in [0.1, 0.15) is 75.6 Å². The maximum Gasteiger partial charge on any atom is 0.226 e. The van der Waals surface area contributed by atoms with Gasteiger partial charge in [-0.3, -0.25) is 19.8 Å². The van der Waals surface area contributed by atoms with E-state index in [0.717, 1.165) is 70.5 Å². The van der Waals surface area contributed by atoms with E-state index in [2.05, 4.69) is 96.0 Å². The summed E-state index contributed by atoms with van der Waals surface area (Å²) >= 11 is 0. The number of rotatable bonds is 7. The van der Waals surface area contributed by atoms with Crippen LogP contribution in [0.5, 0.6) is 5.75 Å². The van der Waals surface area contributed by atoms with Gasteiger partial charge in [-0.05, 0) is 91.7 Å². The lowest BCUT2D eigenvalue weighted by molar-refractivity contribution is -0.138. The minimum atomic E-state index is -0.0369. The summed E-state index contributed by atoms with van der Waals surface area (Å²) in [6, 6.07) is 17.3. The number of fused-ring (bicyclic) bond motifs is 1. The van der Waals surface area contributed by atoms with Gasteiger partial charge in [0.1, 0.15) is 5.75 Å². The van der Waals surface area contributed by atoms with Crippen LogP contribution in [-0.4, -0.2) is 54.5 Å². The number of hydrogen-bond acceptors (Lipinski definition) is 6. The van der Waals surface area contributed by atoms with Crippen LogP contribution in [0.2, 0.25) is 0 Å². The molecule has 4 unspecified atom stereocenters. The molecule has 7 heteroatoms. The molecule has 4 atom stereocenters. The Kier molecular flexibility index (Phi) is 8.77. The van der Waals surface area contributed by atoms with E-state index in [1.165, 1.54) is 22.3 Å². The maximum absolute atomic E-state index is 13.5. The molecule has 7 nitrogen and oxygen atoms in total. The molecule has 3 aliphatic heterocycles. The van der Waals surface area contributed by atoms with Crippen molar-refractivity contribution >= 4 is 11.5 Å². The van der Waals surface area contributed by atoms with Crippen molar-refractivity contribution in [3.05, 3.63) is 71.3 Å². The smallest absolute Gasteiger partial charge is 0.226 e. The van der Waals surface area contributed by atoms with Crippen LogP contribution in [0.3, 0.4) is 0 Å². The Balaban J connectivity index is 0.953. The normalized spacial score (nSPS) is 27.5. The Morgan fingerprint density at radius 1 is 1.02 bits per heavy atom. The van der Waals surface area contributed by atoms with Crippen molar-refractivity contribution in [3.63, 3.8) is 0 Å². The summed E-state index contributed by atoms with van der Waals surface area (Å²) < 4.78 is 6.20. The number of nitrogens with one attached hydrogen (secondary N) is 2. The Hall–Kier alpha value is -2.71. The molecule has 2 aromatic carbocycles. The number of piperidine rings is 1. The number of amides is 1. The first kappa shape index (κ1) is 28.4. The van der Waals surface area contributed by atoms with Crippen LogP contribution in [0.15, 0.2) is 54.6 Å². The number of likely N-dealkylation sites (tertiary alicyclic amines) is 1. The van der Waals surface area contributed by atoms with Crippen LogP contribution >= 0.6 is 0 Å². The summed E-state index contributed by atoms with van der Waals surface area (Å²) in [6.07, 6.45) is 8.33. The lowest BCUT2D eigenvalue weighted by atomic mass is 9.84. The van der Waals surface area contributed by atoms with E-state index in [1.54, 1.807) is 0 Å². The van der Waals surface area contributed by atoms with Crippen molar-refractivity contribution in [3.8, 4) is 5.75 Å². The predicted molar refractivity (Wildman–Crippen MR) is 162 cm³/mol. The fourth-order valence-electron chi connectivity index (χ4n) is 6.83. The second-order valence-electron chi connectivity index (χ2n) is 12.6. The molecule has 0 saturated carbocycles. The Labute approximate surface area is 245 Å². The molecule has 3 heterocycles. The van der Waals surface area contributed by atoms with Gasteiger partial charge < -0.3 is 9.64 Å². The van der Waals surface area contributed by atoms with Crippen molar-refractivity contribution in [2.75, 3.05) is 26.2 Å². The first-order valence-corrected chi connectivity index (χ1v) is 15.7. The SMILES string of the molecule is CC(C)C1NOC(N2CCC(COc3ccc(C4=CCC(C(=O)N5CCc6ccccc6C5C)CC4)cc3)CC2)N1. The van der Waals surface area contributed by atoms with Gasteiger partial charge in [-0.2, -0.15) is 5.48 Å². The molecule has 0 aromatic heterocycles. The van der Waals surface area contributed by atoms with Crippen molar-refractivity contribution in [2.45, 2.75) is 77.9 Å². The Morgan fingerprint density at radius 2 is 1.80 bits per heavy atom. The molecule has 4 aliphatic rings. The van der Waals surface area contributed by atoms with Gasteiger partial charge in [-0.15, -0.1) is 0 Å². The number of hydroxylamine groups is 1. The highest BCUT2D eigenvalue weighted by Gasteiger charge is 2.34. The number of allylic oxidation sites excluding steroid dienone is 2. The molecule has 0 radical (unpaired) electrons. The average molecular weight is 559 g/mol. The molecule has 2 N–H and O–H groups in total. The Bertz CT molecular complexity index is 1220. The van der Waals surface area contributed by atoms with E-state index < -0.39 is 0 Å². The summed E-state index contributed by atoms with van der Waals surface area (Å²) in [7, 11) is 0. The summed E-state index contributed by atoms with van der Waals surface area (Å²) in [5.41, 5.74) is 8.40. The van der Waals surface area contributed by atoms with E-state index in [9.17, 15) is 4.79 Å². The lowest BCUT2D eigenvalue weighted by Crippen LogP contribution is -2.49. The van der Waals surface area contributed by atoms with Gasteiger partial charge in [0.15, 0.2) is 6.35 Å². The van der Waals surface area contributed by atoms with Gasteiger partial charge in [0.05, 0.1) is 18.8 Å². The van der Waals surface area contributed by atoms with E-state index in [1.807, 2.05) is 0 Å². The molecule has 1 amide bonds. The summed E-state index contributed by atoms with van der Waals surface area (Å²) in [5.74, 6) is 2.39. The first-order valence-electron chi connectivity index (χ1n) is 15.7. The molecular weight excluding hydrogens is 512 g/mol. The van der Waals surface area contributed by atoms with Crippen LogP contribution < -0.4 is 15.5 Å². The van der Waals surface area contributed by atoms with Gasteiger partial charge in [0, 0.05) is 25.6 Å². The predicted octanol–water partition coefficient (Wildman–Crippen LogP) is 5.50. The summed E-state index contributed by atoms with van der Waals surface area (Å²) in [4.78, 5) is 23.7. The van der Waals surface area contributed by atoms with Crippen molar-refractivity contribution in [1.82, 2.24) is 20.6 Å². The van der Waals surface area contributed by atoms with Gasteiger partial charge in [0.25, 0.3) is 0 Å². The zero-order chi connectivity index (χ0) is 28.3. The third kappa shape index (κ3) is 6.38. The van der Waals surface area contributed by atoms with E-state index in [-0.39, 0.29) is 24.5 Å². The maximum atomic E-state index is 13.5. The third-order valence-electron chi connectivity index (χ3n) is 9.62. The molecule has 2 saturated heterocycles. The number of carbonyl (C=O) groups excluding carboxylic acids is 1. The minimum Gasteiger partial charge on any atom is -0.493 e. The molecule has 220 valence electrons. The fourth-order valence-corrected chi connectivity index (χ4v) is 6.83. The first-order chi connectivity index (χ1) is 20.0. The number of nitrogens with zero attached hydrogens (tertiary/aromatic N) is 2. The van der Waals surface area contributed by atoms with Crippen LogP contribution in [0.25, 0.3) is 5.57 Å². The lowest BCUT2D eigenvalue weighted by Gasteiger charge is -2.38. The fraction of sp³-hybridized carbons (Fsp3) is 0.559. The van der Waals surface area contributed by atoms with Crippen molar-refractivity contribution in [2.24, 2.45) is 17.8 Å². The molecule has 2 aromatic rings. The molecular formula is C34H46N4O3. The molecule has 6 rings (SSSR count). The van der Waals surface area contributed by atoms with Crippen molar-refractivity contribution in [1.29, 1.82) is 0 Å². The molecule has 41 heavy (non-hydrogen) atoms. The van der Waals surface area contributed by atoms with E-state index in [4.69, 9.17) is 9.57 Å². The summed E-state index contributed by atoms with van der Waals surface area (Å²) in [6.45, 7) is 10.2. The Morgan fingerprint density at radius 3 is 2.51 bits per heavy atom. The highest BCUT2D eigenvalue weighted by Crippen LogP contribution is 2.36. The number of benzene rings is 2. The standard InChI is InChI=1S/C34H46N4O3/c1-23(2)32-35-34(41-36-32)37-19-16-25(17-20-37)22-40-30-14-12-27(13-15-30)26-8-10-29(11-9-26)33(39)38-21-18-28-6-4-5-7-31(28)24(38)3/h4-8,12-15,23-25,29,32,34-36H,9-11,16-22H2,1-3H3. The summed E-state index contributed by atoms with van der Waals surface area (Å²) in [5, 5.41) is 3.53. The highest BCUT2D eigenvalue weighted by molar-refractivity contribution is 5.81. The second kappa shape index (κ2) is 12.7. The number of ether oxygens (including phenoxy) is 1. The molecule has 0 spiro atoms.